The standard InChI is InChI=1S/C23H44O2Si/c1-20(2)26(21(3)4,22(5)6)19-16-23(15-18-25)14-12-10-8-7-9-11-13-17-24/h18,20-24H,7-15,17H2,1-6H3/t23-/m0/s1. The van der Waals surface area contributed by atoms with E-state index in [-0.39, 0.29) is 5.92 Å². The molecule has 0 aromatic rings. The number of aliphatic hydroxyl groups is 1. The fraction of sp³-hybridized carbons (Fsp3) is 0.870. The number of hydrogen-bond donors (Lipinski definition) is 1. The Hall–Kier alpha value is -0.593. The number of carbonyl (C=O) groups excluding carboxylic acids is 1. The van der Waals surface area contributed by atoms with Crippen LogP contribution in [0, 0.1) is 17.4 Å². The van der Waals surface area contributed by atoms with E-state index >= 15 is 0 Å². The molecule has 0 spiro atoms. The van der Waals surface area contributed by atoms with Crippen molar-refractivity contribution >= 4 is 14.4 Å². The summed E-state index contributed by atoms with van der Waals surface area (Å²) < 4.78 is 0. The van der Waals surface area contributed by atoms with Gasteiger partial charge in [-0.3, -0.25) is 0 Å². The molecule has 0 radical (unpaired) electrons. The number of carbonyl (C=O) groups is 1. The van der Waals surface area contributed by atoms with Gasteiger partial charge in [0.2, 0.25) is 0 Å². The fourth-order valence-electron chi connectivity index (χ4n) is 4.41. The Balaban J connectivity index is 4.67. The summed E-state index contributed by atoms with van der Waals surface area (Å²) in [6.45, 7) is 14.4. The Morgan fingerprint density at radius 2 is 1.27 bits per heavy atom. The van der Waals surface area contributed by atoms with E-state index in [1.54, 1.807) is 0 Å². The van der Waals surface area contributed by atoms with Gasteiger partial charge < -0.3 is 9.90 Å². The second-order valence-corrected chi connectivity index (χ2v) is 14.3. The maximum absolute atomic E-state index is 11.1. The first-order chi connectivity index (χ1) is 12.3. The summed E-state index contributed by atoms with van der Waals surface area (Å²) in [4.78, 5) is 11.1. The van der Waals surface area contributed by atoms with E-state index in [0.29, 0.717) is 29.7 Å². The van der Waals surface area contributed by atoms with E-state index in [9.17, 15) is 4.79 Å². The van der Waals surface area contributed by atoms with Crippen LogP contribution in [-0.2, 0) is 4.79 Å². The van der Waals surface area contributed by atoms with Gasteiger partial charge in [-0.05, 0) is 29.5 Å². The van der Waals surface area contributed by atoms with Crippen molar-refractivity contribution in [3.8, 4) is 11.5 Å². The van der Waals surface area contributed by atoms with Gasteiger partial charge in [0.15, 0.2) is 0 Å². The first kappa shape index (κ1) is 25.4. The van der Waals surface area contributed by atoms with Crippen LogP contribution in [0.2, 0.25) is 16.6 Å². The topological polar surface area (TPSA) is 37.3 Å². The average molecular weight is 381 g/mol. The zero-order chi connectivity index (χ0) is 20.0. The molecule has 0 amide bonds. The number of unbranched alkanes of at least 4 members (excludes halogenated alkanes) is 6. The van der Waals surface area contributed by atoms with Crippen molar-refractivity contribution in [2.45, 2.75) is 116 Å². The lowest BCUT2D eigenvalue weighted by Gasteiger charge is -2.38. The summed E-state index contributed by atoms with van der Waals surface area (Å²) >= 11 is 0. The predicted octanol–water partition coefficient (Wildman–Crippen LogP) is 6.53. The second kappa shape index (κ2) is 14.5. The molecule has 0 saturated carbocycles. The van der Waals surface area contributed by atoms with Gasteiger partial charge in [0.1, 0.15) is 14.4 Å². The first-order valence-corrected chi connectivity index (χ1v) is 13.1. The molecule has 0 rings (SSSR count). The highest BCUT2D eigenvalue weighted by Gasteiger charge is 2.41. The van der Waals surface area contributed by atoms with Crippen LogP contribution in [0.3, 0.4) is 0 Å². The molecule has 0 aliphatic heterocycles. The highest BCUT2D eigenvalue weighted by molar-refractivity contribution is 6.90. The van der Waals surface area contributed by atoms with Crippen LogP contribution in [0.4, 0.5) is 0 Å². The minimum Gasteiger partial charge on any atom is -0.396 e. The van der Waals surface area contributed by atoms with Gasteiger partial charge in [0.25, 0.3) is 0 Å². The van der Waals surface area contributed by atoms with Crippen molar-refractivity contribution in [2.75, 3.05) is 6.61 Å². The van der Waals surface area contributed by atoms with Crippen molar-refractivity contribution in [3.05, 3.63) is 0 Å². The molecule has 0 unspecified atom stereocenters. The first-order valence-electron chi connectivity index (χ1n) is 10.9. The van der Waals surface area contributed by atoms with Gasteiger partial charge in [-0.1, -0.05) is 80.1 Å². The summed E-state index contributed by atoms with van der Waals surface area (Å²) in [5.74, 6) is 3.82. The summed E-state index contributed by atoms with van der Waals surface area (Å²) in [6, 6.07) is 0. The van der Waals surface area contributed by atoms with Crippen LogP contribution >= 0.6 is 0 Å². The minimum absolute atomic E-state index is 0.241. The third-order valence-electron chi connectivity index (χ3n) is 5.95. The molecule has 0 aromatic carbocycles. The van der Waals surface area contributed by atoms with Crippen molar-refractivity contribution in [1.82, 2.24) is 0 Å². The van der Waals surface area contributed by atoms with Crippen LogP contribution in [0.25, 0.3) is 0 Å². The lowest BCUT2D eigenvalue weighted by molar-refractivity contribution is -0.108. The zero-order valence-electron chi connectivity index (χ0n) is 18.3. The monoisotopic (exact) mass is 380 g/mol. The van der Waals surface area contributed by atoms with Gasteiger partial charge in [-0.25, -0.2) is 0 Å². The maximum Gasteiger partial charge on any atom is 0.145 e. The van der Waals surface area contributed by atoms with E-state index < -0.39 is 8.07 Å². The number of hydrogen-bond acceptors (Lipinski definition) is 2. The number of rotatable bonds is 14. The Kier molecular flexibility index (Phi) is 14.1. The molecular formula is C23H44O2Si. The van der Waals surface area contributed by atoms with Crippen LogP contribution in [0.15, 0.2) is 0 Å². The fourth-order valence-corrected chi connectivity index (χ4v) is 9.73. The van der Waals surface area contributed by atoms with Crippen molar-refractivity contribution < 1.29 is 9.90 Å². The number of aldehydes is 1. The highest BCUT2D eigenvalue weighted by atomic mass is 28.3. The molecule has 2 nitrogen and oxygen atoms in total. The molecule has 1 N–H and O–H groups in total. The molecule has 0 aromatic heterocycles. The lowest BCUT2D eigenvalue weighted by Crippen LogP contribution is -2.43. The molecule has 152 valence electrons. The van der Waals surface area contributed by atoms with Gasteiger partial charge in [0.05, 0.1) is 0 Å². The van der Waals surface area contributed by atoms with E-state index in [0.717, 1.165) is 25.5 Å². The Morgan fingerprint density at radius 1 is 0.808 bits per heavy atom. The van der Waals surface area contributed by atoms with Crippen molar-refractivity contribution in [3.63, 3.8) is 0 Å². The Labute approximate surface area is 164 Å². The van der Waals surface area contributed by atoms with Crippen LogP contribution < -0.4 is 0 Å². The Bertz CT molecular complexity index is 396. The summed E-state index contributed by atoms with van der Waals surface area (Å²) in [7, 11) is -1.69. The summed E-state index contributed by atoms with van der Waals surface area (Å²) in [5.41, 5.74) is 5.73. The van der Waals surface area contributed by atoms with Gasteiger partial charge in [0, 0.05) is 18.9 Å². The third-order valence-corrected chi connectivity index (χ3v) is 12.3. The van der Waals surface area contributed by atoms with E-state index in [1.807, 2.05) is 0 Å². The smallest absolute Gasteiger partial charge is 0.145 e. The van der Waals surface area contributed by atoms with Crippen LogP contribution in [0.5, 0.6) is 0 Å². The van der Waals surface area contributed by atoms with Crippen LogP contribution in [-0.4, -0.2) is 26.1 Å². The average Bonchev–Trinajstić information content (AvgIpc) is 2.56. The molecule has 0 fully saturated rings. The van der Waals surface area contributed by atoms with Gasteiger partial charge in [-0.2, -0.15) is 0 Å². The normalized spacial score (nSPS) is 13.2. The highest BCUT2D eigenvalue weighted by Crippen LogP contribution is 2.40. The Morgan fingerprint density at radius 3 is 1.69 bits per heavy atom. The molecule has 1 atom stereocenters. The largest absolute Gasteiger partial charge is 0.396 e. The molecule has 26 heavy (non-hydrogen) atoms. The van der Waals surface area contributed by atoms with E-state index in [4.69, 9.17) is 5.11 Å². The summed E-state index contributed by atoms with van der Waals surface area (Å²) in [6.07, 6.45) is 10.9. The molecule has 0 saturated heterocycles. The van der Waals surface area contributed by atoms with Crippen molar-refractivity contribution in [2.24, 2.45) is 5.92 Å². The summed E-state index contributed by atoms with van der Waals surface area (Å²) in [5, 5.41) is 8.79. The SMILES string of the molecule is CC(C)[Si](C#C[C@H](CC=O)CCCCCCCCCO)(C(C)C)C(C)C. The van der Waals surface area contributed by atoms with E-state index in [2.05, 4.69) is 53.0 Å². The number of aliphatic hydroxyl groups excluding tert-OH is 1. The third kappa shape index (κ3) is 8.87. The van der Waals surface area contributed by atoms with E-state index in [1.165, 1.54) is 32.1 Å². The second-order valence-electron chi connectivity index (χ2n) is 8.75. The zero-order valence-corrected chi connectivity index (χ0v) is 19.3. The molecule has 3 heteroatoms. The molecular weight excluding hydrogens is 336 g/mol. The molecule has 0 aliphatic carbocycles. The molecule has 0 heterocycles. The van der Waals surface area contributed by atoms with Crippen molar-refractivity contribution in [1.29, 1.82) is 0 Å². The quantitative estimate of drug-likeness (QED) is 0.161. The predicted molar refractivity (Wildman–Crippen MR) is 117 cm³/mol. The molecule has 0 bridgehead atoms. The van der Waals surface area contributed by atoms with Crippen LogP contribution in [0.1, 0.15) is 99.3 Å². The maximum atomic E-state index is 11.1. The minimum atomic E-state index is -1.69. The lowest BCUT2D eigenvalue weighted by atomic mass is 9.98. The van der Waals surface area contributed by atoms with Gasteiger partial charge >= 0.3 is 0 Å². The molecule has 0 aliphatic rings. The van der Waals surface area contributed by atoms with Gasteiger partial charge in [-0.15, -0.1) is 11.5 Å².